The van der Waals surface area contributed by atoms with Crippen LogP contribution in [0.4, 0.5) is 0 Å². The Labute approximate surface area is 68.7 Å². The molecular formula is C7H9NO4. The number of hydrogen-bond donors (Lipinski definition) is 2. The number of aromatic carboxylic acids is 1. The Morgan fingerprint density at radius 1 is 1.67 bits per heavy atom. The lowest BCUT2D eigenvalue weighted by Gasteiger charge is -1.89. The third-order valence-corrected chi connectivity index (χ3v) is 1.31. The summed E-state index contributed by atoms with van der Waals surface area (Å²) in [5, 5.41) is 16.9. The van der Waals surface area contributed by atoms with Gasteiger partial charge in [0.25, 0.3) is 0 Å². The van der Waals surface area contributed by atoms with Gasteiger partial charge in [-0.05, 0) is 6.42 Å². The zero-order chi connectivity index (χ0) is 8.97. The molecule has 0 fully saturated rings. The van der Waals surface area contributed by atoms with Crippen LogP contribution in [0.2, 0.25) is 0 Å². The van der Waals surface area contributed by atoms with Crippen LogP contribution in [0.5, 0.6) is 0 Å². The summed E-state index contributed by atoms with van der Waals surface area (Å²) in [5.41, 5.74) is 0. The molecule has 0 bridgehead atoms. The molecule has 0 spiro atoms. The summed E-state index contributed by atoms with van der Waals surface area (Å²) in [6, 6.07) is 0. The summed E-state index contributed by atoms with van der Waals surface area (Å²) in [4.78, 5) is 14.0. The van der Waals surface area contributed by atoms with Gasteiger partial charge in [-0.1, -0.05) is 0 Å². The Hall–Kier alpha value is -1.36. The van der Waals surface area contributed by atoms with Crippen LogP contribution in [-0.4, -0.2) is 27.8 Å². The van der Waals surface area contributed by atoms with Gasteiger partial charge in [-0.25, -0.2) is 9.78 Å². The largest absolute Gasteiger partial charge is 0.475 e. The molecule has 2 N–H and O–H groups in total. The minimum Gasteiger partial charge on any atom is -0.475 e. The predicted octanol–water partition coefficient (Wildman–Crippen LogP) is 0.298. The molecule has 1 rings (SSSR count). The van der Waals surface area contributed by atoms with Crippen LogP contribution < -0.4 is 0 Å². The average Bonchev–Trinajstić information content (AvgIpc) is 2.48. The molecule has 0 aromatic carbocycles. The van der Waals surface area contributed by atoms with Crippen molar-refractivity contribution in [3.05, 3.63) is 17.8 Å². The Kier molecular flexibility index (Phi) is 2.82. The zero-order valence-corrected chi connectivity index (χ0v) is 6.36. The van der Waals surface area contributed by atoms with Crippen molar-refractivity contribution in [2.24, 2.45) is 0 Å². The molecule has 0 radical (unpaired) electrons. The van der Waals surface area contributed by atoms with Crippen molar-refractivity contribution < 1.29 is 19.4 Å². The number of hydrogen-bond acceptors (Lipinski definition) is 4. The van der Waals surface area contributed by atoms with E-state index in [1.54, 1.807) is 0 Å². The van der Waals surface area contributed by atoms with Crippen LogP contribution in [0.25, 0.3) is 0 Å². The predicted molar refractivity (Wildman–Crippen MR) is 38.9 cm³/mol. The molecule has 1 aromatic rings. The van der Waals surface area contributed by atoms with Crippen LogP contribution in [0, 0.1) is 0 Å². The number of oxazole rings is 1. The van der Waals surface area contributed by atoms with E-state index in [-0.39, 0.29) is 12.4 Å². The second-order valence-electron chi connectivity index (χ2n) is 2.25. The molecule has 0 unspecified atom stereocenters. The van der Waals surface area contributed by atoms with Crippen molar-refractivity contribution in [3.63, 3.8) is 0 Å². The molecule has 0 aliphatic rings. The van der Waals surface area contributed by atoms with Gasteiger partial charge >= 0.3 is 5.97 Å². The normalized spacial score (nSPS) is 10.1. The molecule has 0 amide bonds. The molecule has 1 aromatic heterocycles. The molecule has 0 saturated heterocycles. The number of carboxylic acid groups (broad SMARTS) is 1. The standard InChI is InChI=1S/C7H9NO4/c9-3-1-2-6-8-4-5(12-6)7(10)11/h4,9H,1-3H2,(H,10,11). The number of rotatable bonds is 4. The molecule has 1 heterocycles. The van der Waals surface area contributed by atoms with Crippen molar-refractivity contribution in [2.75, 3.05) is 6.61 Å². The Bertz CT molecular complexity index is 268. The third kappa shape index (κ3) is 2.06. The van der Waals surface area contributed by atoms with Crippen LogP contribution in [0.3, 0.4) is 0 Å². The van der Waals surface area contributed by atoms with E-state index in [4.69, 9.17) is 14.6 Å². The molecule has 0 atom stereocenters. The molecule has 0 aliphatic heterocycles. The Morgan fingerprint density at radius 2 is 2.42 bits per heavy atom. The molecule has 5 nitrogen and oxygen atoms in total. The fraction of sp³-hybridized carbons (Fsp3) is 0.429. The number of nitrogens with zero attached hydrogens (tertiary/aromatic N) is 1. The minimum absolute atomic E-state index is 0.0464. The third-order valence-electron chi connectivity index (χ3n) is 1.31. The molecule has 66 valence electrons. The Balaban J connectivity index is 2.58. The maximum absolute atomic E-state index is 10.3. The first-order chi connectivity index (χ1) is 5.74. The first kappa shape index (κ1) is 8.73. The highest BCUT2D eigenvalue weighted by molar-refractivity contribution is 5.83. The van der Waals surface area contributed by atoms with Gasteiger partial charge in [0.05, 0.1) is 6.20 Å². The summed E-state index contributed by atoms with van der Waals surface area (Å²) < 4.78 is 4.83. The van der Waals surface area contributed by atoms with E-state index in [9.17, 15) is 4.79 Å². The van der Waals surface area contributed by atoms with Gasteiger partial charge < -0.3 is 14.6 Å². The van der Waals surface area contributed by atoms with Gasteiger partial charge in [0, 0.05) is 13.0 Å². The molecule has 0 aliphatic carbocycles. The lowest BCUT2D eigenvalue weighted by atomic mass is 10.3. The van der Waals surface area contributed by atoms with E-state index in [1.165, 1.54) is 0 Å². The van der Waals surface area contributed by atoms with E-state index < -0.39 is 5.97 Å². The highest BCUT2D eigenvalue weighted by atomic mass is 16.4. The van der Waals surface area contributed by atoms with Gasteiger partial charge in [-0.2, -0.15) is 0 Å². The highest BCUT2D eigenvalue weighted by Crippen LogP contribution is 2.05. The zero-order valence-electron chi connectivity index (χ0n) is 6.36. The Morgan fingerprint density at radius 3 is 2.92 bits per heavy atom. The van der Waals surface area contributed by atoms with E-state index >= 15 is 0 Å². The van der Waals surface area contributed by atoms with E-state index in [0.717, 1.165) is 6.20 Å². The maximum Gasteiger partial charge on any atom is 0.373 e. The first-order valence-electron chi connectivity index (χ1n) is 3.53. The van der Waals surface area contributed by atoms with Crippen LogP contribution in [0.15, 0.2) is 10.6 Å². The molecule has 5 heteroatoms. The van der Waals surface area contributed by atoms with E-state index in [2.05, 4.69) is 4.98 Å². The smallest absolute Gasteiger partial charge is 0.373 e. The number of carbonyl (C=O) groups is 1. The number of aliphatic hydroxyl groups is 1. The van der Waals surface area contributed by atoms with Crippen molar-refractivity contribution in [2.45, 2.75) is 12.8 Å². The van der Waals surface area contributed by atoms with Crippen molar-refractivity contribution in [1.29, 1.82) is 0 Å². The quantitative estimate of drug-likeness (QED) is 0.680. The lowest BCUT2D eigenvalue weighted by Crippen LogP contribution is -1.92. The lowest BCUT2D eigenvalue weighted by molar-refractivity contribution is 0.0660. The van der Waals surface area contributed by atoms with Crippen LogP contribution >= 0.6 is 0 Å². The number of aromatic nitrogens is 1. The summed E-state index contributed by atoms with van der Waals surface area (Å²) >= 11 is 0. The average molecular weight is 171 g/mol. The number of aryl methyl sites for hydroxylation is 1. The molecule has 0 saturated carbocycles. The van der Waals surface area contributed by atoms with Crippen LogP contribution in [-0.2, 0) is 6.42 Å². The monoisotopic (exact) mass is 171 g/mol. The summed E-state index contributed by atoms with van der Waals surface area (Å²) in [6.07, 6.45) is 2.15. The van der Waals surface area contributed by atoms with Crippen LogP contribution in [0.1, 0.15) is 22.9 Å². The van der Waals surface area contributed by atoms with E-state index in [0.29, 0.717) is 18.7 Å². The number of aliphatic hydroxyl groups excluding tert-OH is 1. The van der Waals surface area contributed by atoms with Crippen molar-refractivity contribution in [3.8, 4) is 0 Å². The first-order valence-corrected chi connectivity index (χ1v) is 3.53. The fourth-order valence-electron chi connectivity index (χ4n) is 0.755. The van der Waals surface area contributed by atoms with Gasteiger partial charge in [0.15, 0.2) is 5.89 Å². The SMILES string of the molecule is O=C(O)c1cnc(CCCO)o1. The number of carboxylic acids is 1. The molecule has 12 heavy (non-hydrogen) atoms. The summed E-state index contributed by atoms with van der Waals surface area (Å²) in [5.74, 6) is -0.942. The fourth-order valence-corrected chi connectivity index (χ4v) is 0.755. The van der Waals surface area contributed by atoms with E-state index in [1.807, 2.05) is 0 Å². The van der Waals surface area contributed by atoms with Crippen molar-refractivity contribution in [1.82, 2.24) is 4.98 Å². The minimum atomic E-state index is -1.13. The van der Waals surface area contributed by atoms with Crippen molar-refractivity contribution >= 4 is 5.97 Å². The second kappa shape index (κ2) is 3.87. The van der Waals surface area contributed by atoms with Gasteiger partial charge in [-0.3, -0.25) is 0 Å². The second-order valence-corrected chi connectivity index (χ2v) is 2.25. The maximum atomic E-state index is 10.3. The topological polar surface area (TPSA) is 83.6 Å². The summed E-state index contributed by atoms with van der Waals surface area (Å²) in [7, 11) is 0. The van der Waals surface area contributed by atoms with Gasteiger partial charge in [-0.15, -0.1) is 0 Å². The summed E-state index contributed by atoms with van der Waals surface area (Å²) in [6.45, 7) is 0.0464. The molecular weight excluding hydrogens is 162 g/mol. The van der Waals surface area contributed by atoms with Gasteiger partial charge in [0.2, 0.25) is 5.76 Å². The highest BCUT2D eigenvalue weighted by Gasteiger charge is 2.09. The van der Waals surface area contributed by atoms with Gasteiger partial charge in [0.1, 0.15) is 0 Å².